The van der Waals surface area contributed by atoms with E-state index in [9.17, 15) is 23.8 Å². The van der Waals surface area contributed by atoms with Crippen LogP contribution in [0.25, 0.3) is 0 Å². The zero-order valence-corrected chi connectivity index (χ0v) is 11.2. The van der Waals surface area contributed by atoms with Crippen molar-refractivity contribution in [1.29, 1.82) is 0 Å². The second-order valence-electron chi connectivity index (χ2n) is 5.21. The number of likely N-dealkylation sites (tertiary alicyclic amines) is 1. The maximum absolute atomic E-state index is 13.5. The van der Waals surface area contributed by atoms with E-state index in [0.29, 0.717) is 6.07 Å². The first-order chi connectivity index (χ1) is 9.92. The molecule has 0 aliphatic carbocycles. The summed E-state index contributed by atoms with van der Waals surface area (Å²) in [5.41, 5.74) is 0.0579. The smallest absolute Gasteiger partial charge is 0.227 e. The molecule has 1 saturated heterocycles. The molecule has 0 spiro atoms. The Morgan fingerprint density at radius 2 is 2.00 bits per heavy atom. The van der Waals surface area contributed by atoms with Crippen molar-refractivity contribution in [2.24, 2.45) is 5.92 Å². The van der Waals surface area contributed by atoms with Crippen molar-refractivity contribution in [3.63, 3.8) is 0 Å². The van der Waals surface area contributed by atoms with E-state index in [-0.39, 0.29) is 31.7 Å². The van der Waals surface area contributed by atoms with Crippen LogP contribution in [0.15, 0.2) is 18.2 Å². The van der Waals surface area contributed by atoms with Gasteiger partial charge in [-0.15, -0.1) is 0 Å². The number of nitrogens with zero attached hydrogens (tertiary/aromatic N) is 1. The molecule has 1 aliphatic rings. The normalized spacial score (nSPS) is 26.0. The summed E-state index contributed by atoms with van der Waals surface area (Å²) in [6.07, 6.45) is -2.52. The van der Waals surface area contributed by atoms with E-state index < -0.39 is 35.7 Å². The molecule has 1 aromatic carbocycles. The number of aliphatic hydroxyl groups excluding tert-OH is 3. The van der Waals surface area contributed by atoms with Gasteiger partial charge in [0.2, 0.25) is 5.91 Å². The summed E-state index contributed by atoms with van der Waals surface area (Å²) in [5, 5.41) is 28.5. The molecule has 5 nitrogen and oxygen atoms in total. The first-order valence-corrected chi connectivity index (χ1v) is 6.61. The van der Waals surface area contributed by atoms with Gasteiger partial charge in [-0.1, -0.05) is 6.07 Å². The number of hydrogen-bond acceptors (Lipinski definition) is 4. The average molecular weight is 301 g/mol. The molecule has 3 N–H and O–H groups in total. The third kappa shape index (κ3) is 3.55. The summed E-state index contributed by atoms with van der Waals surface area (Å²) in [6.45, 7) is -0.372. The molecular formula is C14H17F2NO4. The number of rotatable bonds is 3. The molecule has 1 heterocycles. The summed E-state index contributed by atoms with van der Waals surface area (Å²) in [6, 6.07) is 2.96. The molecule has 0 unspecified atom stereocenters. The maximum Gasteiger partial charge on any atom is 0.227 e. The highest BCUT2D eigenvalue weighted by molar-refractivity contribution is 5.79. The van der Waals surface area contributed by atoms with Gasteiger partial charge in [0.25, 0.3) is 0 Å². The van der Waals surface area contributed by atoms with Crippen molar-refractivity contribution < 1.29 is 28.9 Å². The van der Waals surface area contributed by atoms with Crippen molar-refractivity contribution in [1.82, 2.24) is 4.90 Å². The van der Waals surface area contributed by atoms with Crippen LogP contribution in [0.5, 0.6) is 0 Å². The fourth-order valence-electron chi connectivity index (χ4n) is 2.42. The van der Waals surface area contributed by atoms with Crippen LogP contribution in [0, 0.1) is 17.6 Å². The lowest BCUT2D eigenvalue weighted by Gasteiger charge is -2.38. The van der Waals surface area contributed by atoms with E-state index in [2.05, 4.69) is 0 Å². The van der Waals surface area contributed by atoms with Gasteiger partial charge in [0.15, 0.2) is 0 Å². The van der Waals surface area contributed by atoms with Crippen molar-refractivity contribution >= 4 is 5.91 Å². The van der Waals surface area contributed by atoms with Crippen molar-refractivity contribution in [3.8, 4) is 0 Å². The monoisotopic (exact) mass is 301 g/mol. The summed E-state index contributed by atoms with van der Waals surface area (Å²) in [5.74, 6) is -2.62. The zero-order chi connectivity index (χ0) is 15.6. The number of benzene rings is 1. The molecule has 7 heteroatoms. The van der Waals surface area contributed by atoms with Crippen LogP contribution < -0.4 is 0 Å². The second-order valence-corrected chi connectivity index (χ2v) is 5.21. The number of hydrogen-bond donors (Lipinski definition) is 3. The number of aliphatic hydroxyl groups is 3. The number of carbonyl (C=O) groups excluding carboxylic acids is 1. The van der Waals surface area contributed by atoms with E-state index in [0.717, 1.165) is 6.07 Å². The Kier molecular flexibility index (Phi) is 4.87. The van der Waals surface area contributed by atoms with Gasteiger partial charge in [-0.05, 0) is 11.6 Å². The maximum atomic E-state index is 13.5. The average Bonchev–Trinajstić information content (AvgIpc) is 2.44. The summed E-state index contributed by atoms with van der Waals surface area (Å²) < 4.78 is 26.3. The molecule has 1 aromatic rings. The lowest BCUT2D eigenvalue weighted by molar-refractivity contribution is -0.143. The standard InChI is InChI=1S/C14H17F2NO4/c15-10-2-1-8(11(16)4-10)3-13(20)17-5-9(7-18)14(21)12(19)6-17/h1-2,4,9,12,14,18-19,21H,3,5-7H2/t9-,12-,14-/m1/s1. The first-order valence-electron chi connectivity index (χ1n) is 6.61. The highest BCUT2D eigenvalue weighted by atomic mass is 19.1. The van der Waals surface area contributed by atoms with E-state index in [1.807, 2.05) is 0 Å². The van der Waals surface area contributed by atoms with Gasteiger partial charge < -0.3 is 20.2 Å². The number of piperidine rings is 1. The summed E-state index contributed by atoms with van der Waals surface area (Å²) in [4.78, 5) is 13.4. The Labute approximate surface area is 120 Å². The molecule has 1 aliphatic heterocycles. The van der Waals surface area contributed by atoms with Gasteiger partial charge in [0.05, 0.1) is 25.2 Å². The Morgan fingerprint density at radius 1 is 1.29 bits per heavy atom. The second kappa shape index (κ2) is 6.46. The minimum atomic E-state index is -1.15. The quantitative estimate of drug-likeness (QED) is 0.715. The van der Waals surface area contributed by atoms with Crippen LogP contribution in [0.2, 0.25) is 0 Å². The van der Waals surface area contributed by atoms with Crippen LogP contribution in [0.3, 0.4) is 0 Å². The van der Waals surface area contributed by atoms with Gasteiger partial charge in [-0.25, -0.2) is 8.78 Å². The Hall–Kier alpha value is -1.57. The van der Waals surface area contributed by atoms with Gasteiger partial charge >= 0.3 is 0 Å². The van der Waals surface area contributed by atoms with E-state index >= 15 is 0 Å². The predicted molar refractivity (Wildman–Crippen MR) is 69.2 cm³/mol. The summed E-state index contributed by atoms with van der Waals surface area (Å²) in [7, 11) is 0. The van der Waals surface area contributed by atoms with Crippen LogP contribution >= 0.6 is 0 Å². The van der Waals surface area contributed by atoms with Crippen LogP contribution in [-0.4, -0.2) is 58.0 Å². The molecule has 116 valence electrons. The predicted octanol–water partition coefficient (Wildman–Crippen LogP) is -0.320. The zero-order valence-electron chi connectivity index (χ0n) is 11.2. The van der Waals surface area contributed by atoms with Crippen LogP contribution in [0.1, 0.15) is 5.56 Å². The summed E-state index contributed by atoms with van der Waals surface area (Å²) >= 11 is 0. The van der Waals surface area contributed by atoms with E-state index in [1.54, 1.807) is 0 Å². The molecule has 1 fully saturated rings. The molecule has 0 radical (unpaired) electrons. The molecule has 2 rings (SSSR count). The largest absolute Gasteiger partial charge is 0.396 e. The lowest BCUT2D eigenvalue weighted by atomic mass is 9.93. The fourth-order valence-corrected chi connectivity index (χ4v) is 2.42. The number of halogens is 2. The first kappa shape index (κ1) is 15.8. The Bertz CT molecular complexity index is 526. The minimum Gasteiger partial charge on any atom is -0.396 e. The molecule has 3 atom stereocenters. The van der Waals surface area contributed by atoms with Crippen molar-refractivity contribution in [2.75, 3.05) is 19.7 Å². The highest BCUT2D eigenvalue weighted by Crippen LogP contribution is 2.19. The topological polar surface area (TPSA) is 81.0 Å². The SMILES string of the molecule is O=C(Cc1ccc(F)cc1F)N1C[C@H](CO)[C@@H](O)[C@H](O)C1. The molecule has 0 bridgehead atoms. The van der Waals surface area contributed by atoms with Crippen LogP contribution in [-0.2, 0) is 11.2 Å². The fraction of sp³-hybridized carbons (Fsp3) is 0.500. The Balaban J connectivity index is 2.06. The van der Waals surface area contributed by atoms with Crippen molar-refractivity contribution in [2.45, 2.75) is 18.6 Å². The molecular weight excluding hydrogens is 284 g/mol. The number of β-amino-alcohol motifs (C(OH)–C–C–N with tert-alkyl or cyclic N) is 1. The van der Waals surface area contributed by atoms with Gasteiger partial charge in [0.1, 0.15) is 11.6 Å². The number of amides is 1. The highest BCUT2D eigenvalue weighted by Gasteiger charge is 2.36. The van der Waals surface area contributed by atoms with E-state index in [4.69, 9.17) is 5.11 Å². The molecule has 0 aromatic heterocycles. The lowest BCUT2D eigenvalue weighted by Crippen LogP contribution is -2.55. The minimum absolute atomic E-state index is 0.0579. The van der Waals surface area contributed by atoms with Crippen LogP contribution in [0.4, 0.5) is 8.78 Å². The Morgan fingerprint density at radius 3 is 2.62 bits per heavy atom. The van der Waals surface area contributed by atoms with Gasteiger partial charge in [-0.2, -0.15) is 0 Å². The molecule has 1 amide bonds. The third-order valence-corrected chi connectivity index (χ3v) is 3.68. The van der Waals surface area contributed by atoms with Gasteiger partial charge in [-0.3, -0.25) is 4.79 Å². The van der Waals surface area contributed by atoms with E-state index in [1.165, 1.54) is 11.0 Å². The number of carbonyl (C=O) groups is 1. The van der Waals surface area contributed by atoms with Crippen molar-refractivity contribution in [3.05, 3.63) is 35.4 Å². The molecule has 21 heavy (non-hydrogen) atoms. The third-order valence-electron chi connectivity index (χ3n) is 3.68. The molecule has 0 saturated carbocycles. The van der Waals surface area contributed by atoms with Gasteiger partial charge in [0, 0.05) is 25.1 Å².